The summed E-state index contributed by atoms with van der Waals surface area (Å²) in [6, 6.07) is 45.3. The van der Waals surface area contributed by atoms with Crippen LogP contribution in [0.3, 0.4) is 0 Å². The maximum Gasteiger partial charge on any atom is 0.105 e. The summed E-state index contributed by atoms with van der Waals surface area (Å²) >= 11 is 0. The average molecular weight is 684 g/mol. The number of hydrogen-bond acceptors (Lipinski definition) is 3. The second kappa shape index (κ2) is 13.7. The molecule has 3 nitrogen and oxygen atoms in total. The van der Waals surface area contributed by atoms with Crippen LogP contribution in [-0.2, 0) is 26.5 Å². The minimum absolute atomic E-state index is 0. The van der Waals surface area contributed by atoms with Crippen molar-refractivity contribution in [3.05, 3.63) is 139 Å². The minimum atomic E-state index is 0. The summed E-state index contributed by atoms with van der Waals surface area (Å²) in [7, 11) is 0. The van der Waals surface area contributed by atoms with Gasteiger partial charge in [-0.25, -0.2) is 4.98 Å². The molecule has 0 atom stereocenters. The molecule has 4 heteroatoms. The van der Waals surface area contributed by atoms with Gasteiger partial charge in [-0.3, -0.25) is 9.97 Å². The predicted octanol–water partition coefficient (Wildman–Crippen LogP) is 8.51. The van der Waals surface area contributed by atoms with Gasteiger partial charge < -0.3 is 0 Å². The van der Waals surface area contributed by atoms with Gasteiger partial charge in [0.05, 0.1) is 5.52 Å². The zero-order valence-corrected chi connectivity index (χ0v) is 24.4. The number of rotatable bonds is 5. The third-order valence-electron chi connectivity index (χ3n) is 6.12. The summed E-state index contributed by atoms with van der Waals surface area (Å²) < 4.78 is 0. The van der Waals surface area contributed by atoms with Gasteiger partial charge in [-0.2, -0.15) is 0 Å². The van der Waals surface area contributed by atoms with Crippen molar-refractivity contribution in [3.8, 4) is 33.6 Å². The molecule has 0 saturated heterocycles. The van der Waals surface area contributed by atoms with Gasteiger partial charge in [0.25, 0.3) is 0 Å². The minimum Gasteiger partial charge on any atom is -0.296 e. The molecule has 4 aromatic carbocycles. The Balaban J connectivity index is 0.000000184. The molecule has 0 aliphatic heterocycles. The fourth-order valence-corrected chi connectivity index (χ4v) is 4.24. The van der Waals surface area contributed by atoms with Crippen LogP contribution < -0.4 is 0 Å². The van der Waals surface area contributed by atoms with Gasteiger partial charge in [-0.05, 0) is 35.2 Å². The largest absolute Gasteiger partial charge is 0.296 e. The van der Waals surface area contributed by atoms with E-state index in [1.165, 1.54) is 16.5 Å². The van der Waals surface area contributed by atoms with Gasteiger partial charge in [0.1, 0.15) is 6.33 Å². The van der Waals surface area contributed by atoms with Gasteiger partial charge in [0.2, 0.25) is 0 Å². The van der Waals surface area contributed by atoms with Crippen LogP contribution >= 0.6 is 0 Å². The third-order valence-corrected chi connectivity index (χ3v) is 6.12. The Hall–Kier alpha value is -3.98. The maximum absolute atomic E-state index is 4.61. The van der Waals surface area contributed by atoms with Crippen molar-refractivity contribution in [1.29, 1.82) is 0 Å². The smallest absolute Gasteiger partial charge is 0.105 e. The van der Waals surface area contributed by atoms with Crippen molar-refractivity contribution in [1.82, 2.24) is 15.0 Å². The zero-order valence-electron chi connectivity index (χ0n) is 22.0. The van der Waals surface area contributed by atoms with Crippen molar-refractivity contribution < 1.29 is 20.1 Å². The van der Waals surface area contributed by atoms with Crippen LogP contribution in [-0.4, -0.2) is 15.0 Å². The van der Waals surface area contributed by atoms with E-state index in [-0.39, 0.29) is 20.1 Å². The number of pyridine rings is 1. The molecule has 0 aliphatic carbocycles. The molecule has 2 aromatic heterocycles. The first-order valence-electron chi connectivity index (χ1n) is 12.9. The number of benzene rings is 4. The molecule has 0 saturated carbocycles. The van der Waals surface area contributed by atoms with Crippen molar-refractivity contribution in [2.24, 2.45) is 5.92 Å². The SMILES string of the molecule is CC(C)Cc1cc(-c2[c-]cc(-c3ccccc3)cc2)ncn1.[Ir].[c-]1ccccc1-c1ccc2ccccc2n1. The molecule has 39 heavy (non-hydrogen) atoms. The standard InChI is InChI=1S/C20H19N2.C15H10N.Ir/c1-15(2)12-19-13-20(22-14-21-19)18-10-8-17(9-11-18)16-6-4-3-5-7-16;1-2-6-12(7-3-1)15-11-10-13-8-4-5-9-14(13)16-15;/h3-10,13-15H,12H2,1-2H3;1-6,8-11H;/q2*-1;. The second-order valence-corrected chi connectivity index (χ2v) is 9.52. The molecular weight excluding hydrogens is 655 g/mol. The van der Waals surface area contributed by atoms with Gasteiger partial charge in [0, 0.05) is 25.8 Å². The van der Waals surface area contributed by atoms with Crippen LogP contribution in [0.1, 0.15) is 19.5 Å². The van der Waals surface area contributed by atoms with E-state index >= 15 is 0 Å². The molecule has 0 N–H and O–H groups in total. The third kappa shape index (κ3) is 7.54. The first-order valence-corrected chi connectivity index (χ1v) is 12.9. The predicted molar refractivity (Wildman–Crippen MR) is 156 cm³/mol. The monoisotopic (exact) mass is 684 g/mol. The zero-order chi connectivity index (χ0) is 26.2. The van der Waals surface area contributed by atoms with Gasteiger partial charge in [-0.1, -0.05) is 91.7 Å². The van der Waals surface area contributed by atoms with Crippen LogP contribution in [0.5, 0.6) is 0 Å². The van der Waals surface area contributed by atoms with E-state index in [0.717, 1.165) is 40.1 Å². The second-order valence-electron chi connectivity index (χ2n) is 9.52. The normalized spacial score (nSPS) is 10.4. The molecule has 0 aliphatic rings. The Morgan fingerprint density at radius 2 is 1.44 bits per heavy atom. The van der Waals surface area contributed by atoms with E-state index in [4.69, 9.17) is 0 Å². The Morgan fingerprint density at radius 1 is 0.667 bits per heavy atom. The Kier molecular flexibility index (Phi) is 9.85. The molecular formula is C35H29IrN3-2. The van der Waals surface area contributed by atoms with Crippen molar-refractivity contribution in [2.75, 3.05) is 0 Å². The van der Waals surface area contributed by atoms with E-state index in [0.29, 0.717) is 5.92 Å². The Bertz CT molecular complexity index is 1600. The number of para-hydroxylation sites is 1. The molecule has 6 rings (SSSR count). The Morgan fingerprint density at radius 3 is 2.18 bits per heavy atom. The van der Waals surface area contributed by atoms with Crippen LogP contribution in [0.25, 0.3) is 44.5 Å². The number of aromatic nitrogens is 3. The maximum atomic E-state index is 4.61. The molecule has 1 radical (unpaired) electrons. The van der Waals surface area contributed by atoms with E-state index in [9.17, 15) is 0 Å². The summed E-state index contributed by atoms with van der Waals surface area (Å²) in [4.78, 5) is 13.3. The summed E-state index contributed by atoms with van der Waals surface area (Å²) in [5.41, 5.74) is 8.43. The number of hydrogen-bond donors (Lipinski definition) is 0. The van der Waals surface area contributed by atoms with Gasteiger partial charge in [0.15, 0.2) is 0 Å². The van der Waals surface area contributed by atoms with Gasteiger partial charge in [-0.15, -0.1) is 65.7 Å². The molecule has 2 heterocycles. The topological polar surface area (TPSA) is 38.7 Å². The van der Waals surface area contributed by atoms with E-state index in [1.807, 2.05) is 72.8 Å². The van der Waals surface area contributed by atoms with E-state index in [1.54, 1.807) is 6.33 Å². The summed E-state index contributed by atoms with van der Waals surface area (Å²) in [5, 5.41) is 1.17. The van der Waals surface area contributed by atoms with E-state index < -0.39 is 0 Å². The average Bonchev–Trinajstić information content (AvgIpc) is 2.98. The van der Waals surface area contributed by atoms with Crippen molar-refractivity contribution in [2.45, 2.75) is 20.3 Å². The van der Waals surface area contributed by atoms with Crippen LogP contribution in [0.2, 0.25) is 0 Å². The summed E-state index contributed by atoms with van der Waals surface area (Å²) in [6.07, 6.45) is 2.61. The molecule has 6 aromatic rings. The number of fused-ring (bicyclic) bond motifs is 1. The Labute approximate surface area is 244 Å². The summed E-state index contributed by atoms with van der Waals surface area (Å²) in [6.45, 7) is 4.39. The van der Waals surface area contributed by atoms with Crippen LogP contribution in [0.4, 0.5) is 0 Å². The summed E-state index contributed by atoms with van der Waals surface area (Å²) in [5.74, 6) is 0.590. The molecule has 195 valence electrons. The molecule has 0 spiro atoms. The molecule has 0 fully saturated rings. The quantitative estimate of drug-likeness (QED) is 0.171. The fraction of sp³-hybridized carbons (Fsp3) is 0.114. The first kappa shape index (κ1) is 28.0. The molecule has 0 amide bonds. The van der Waals surface area contributed by atoms with E-state index in [2.05, 4.69) is 83.4 Å². The van der Waals surface area contributed by atoms with Crippen molar-refractivity contribution >= 4 is 10.9 Å². The fourth-order valence-electron chi connectivity index (χ4n) is 4.24. The molecule has 0 unspecified atom stereocenters. The van der Waals surface area contributed by atoms with Gasteiger partial charge >= 0.3 is 0 Å². The molecule has 0 bridgehead atoms. The first-order chi connectivity index (χ1) is 18.7. The van der Waals surface area contributed by atoms with Crippen LogP contribution in [0, 0.1) is 18.1 Å². The number of nitrogens with zero attached hydrogens (tertiary/aromatic N) is 3. The van der Waals surface area contributed by atoms with Crippen LogP contribution in [0.15, 0.2) is 122 Å². The van der Waals surface area contributed by atoms with Crippen molar-refractivity contribution in [3.63, 3.8) is 0 Å².